The summed E-state index contributed by atoms with van der Waals surface area (Å²) in [5, 5.41) is 2.72. The topological polar surface area (TPSA) is 72.2 Å². The van der Waals surface area contributed by atoms with Crippen LogP contribution in [-0.2, 0) is 15.6 Å². The average Bonchev–Trinajstić information content (AvgIpc) is 2.28. The van der Waals surface area contributed by atoms with E-state index in [-0.39, 0.29) is 24.2 Å². The number of halogens is 1. The Labute approximate surface area is 116 Å². The molecule has 0 aliphatic carbocycles. The number of carbonyl (C=O) groups is 1. The first kappa shape index (κ1) is 17.1. The normalized spacial score (nSPS) is 13.6. The first-order valence-corrected chi connectivity index (χ1v) is 6.97. The van der Waals surface area contributed by atoms with Gasteiger partial charge in [0.05, 0.1) is 6.04 Å². The van der Waals surface area contributed by atoms with Gasteiger partial charge in [-0.1, -0.05) is 19.9 Å². The lowest BCUT2D eigenvalue weighted by Crippen LogP contribution is -2.39. The summed E-state index contributed by atoms with van der Waals surface area (Å²) < 4.78 is 11.3. The zero-order valence-corrected chi connectivity index (χ0v) is 12.3. The van der Waals surface area contributed by atoms with Gasteiger partial charge < -0.3 is 11.1 Å². The molecule has 2 atom stereocenters. The summed E-state index contributed by atoms with van der Waals surface area (Å²) >= 11 is 0. The van der Waals surface area contributed by atoms with Crippen LogP contribution in [0, 0.1) is 5.92 Å². The van der Waals surface area contributed by atoms with Gasteiger partial charge in [0, 0.05) is 27.6 Å². The number of carbonyl (C=O) groups excluding carboxylic acids is 1. The Kier molecular flexibility index (Phi) is 7.13. The highest BCUT2D eigenvalue weighted by Gasteiger charge is 2.17. The molecule has 3 N–H and O–H groups in total. The molecule has 1 aromatic rings. The largest absolute Gasteiger partial charge is 0.325 e. The molecule has 0 saturated heterocycles. The van der Waals surface area contributed by atoms with Crippen LogP contribution in [0.1, 0.15) is 13.8 Å². The van der Waals surface area contributed by atoms with Crippen LogP contribution in [0.5, 0.6) is 0 Å². The number of hydrogen-bond acceptors (Lipinski definition) is 3. The molecule has 1 rings (SSSR count). The van der Waals surface area contributed by atoms with E-state index in [1.807, 2.05) is 13.8 Å². The van der Waals surface area contributed by atoms with Gasteiger partial charge >= 0.3 is 0 Å². The van der Waals surface area contributed by atoms with Crippen molar-refractivity contribution in [2.24, 2.45) is 11.7 Å². The van der Waals surface area contributed by atoms with Crippen molar-refractivity contribution in [1.29, 1.82) is 0 Å². The van der Waals surface area contributed by atoms with E-state index in [0.29, 0.717) is 10.6 Å². The Balaban J connectivity index is 0.00000289. The van der Waals surface area contributed by atoms with E-state index >= 15 is 0 Å². The third-order valence-corrected chi connectivity index (χ3v) is 3.37. The minimum Gasteiger partial charge on any atom is -0.325 e. The van der Waals surface area contributed by atoms with Crippen LogP contribution >= 0.6 is 12.4 Å². The fourth-order valence-electron chi connectivity index (χ4n) is 1.28. The molecule has 102 valence electrons. The third kappa shape index (κ3) is 4.76. The van der Waals surface area contributed by atoms with E-state index in [1.165, 1.54) is 0 Å². The average molecular weight is 291 g/mol. The lowest BCUT2D eigenvalue weighted by Gasteiger charge is -2.15. The molecule has 0 fully saturated rings. The van der Waals surface area contributed by atoms with Crippen LogP contribution in [0.2, 0.25) is 0 Å². The van der Waals surface area contributed by atoms with Crippen molar-refractivity contribution in [3.8, 4) is 0 Å². The summed E-state index contributed by atoms with van der Waals surface area (Å²) in [5.41, 5.74) is 6.36. The number of rotatable bonds is 4. The second kappa shape index (κ2) is 7.51. The summed E-state index contributed by atoms with van der Waals surface area (Å²) in [6.45, 7) is 3.78. The van der Waals surface area contributed by atoms with Crippen LogP contribution in [0.3, 0.4) is 0 Å². The lowest BCUT2D eigenvalue weighted by molar-refractivity contribution is -0.118. The quantitative estimate of drug-likeness (QED) is 0.888. The van der Waals surface area contributed by atoms with Crippen LogP contribution in [0.25, 0.3) is 0 Å². The Morgan fingerprint density at radius 3 is 2.50 bits per heavy atom. The first-order chi connectivity index (χ1) is 7.91. The van der Waals surface area contributed by atoms with E-state index < -0.39 is 16.8 Å². The molecular weight excluding hydrogens is 272 g/mol. The Bertz CT molecular complexity index is 438. The molecule has 4 nitrogen and oxygen atoms in total. The molecule has 0 radical (unpaired) electrons. The van der Waals surface area contributed by atoms with Crippen molar-refractivity contribution >= 4 is 34.8 Å². The third-order valence-electron chi connectivity index (χ3n) is 2.45. The maximum absolute atomic E-state index is 11.7. The van der Waals surface area contributed by atoms with Gasteiger partial charge in [0.25, 0.3) is 0 Å². The number of nitrogens with two attached hydrogens (primary N) is 1. The summed E-state index contributed by atoms with van der Waals surface area (Å²) in [4.78, 5) is 12.4. The predicted octanol–water partition coefficient (Wildman–Crippen LogP) is 1.77. The van der Waals surface area contributed by atoms with E-state index in [9.17, 15) is 9.00 Å². The van der Waals surface area contributed by atoms with Crippen LogP contribution in [-0.4, -0.2) is 22.4 Å². The SMILES string of the molecule is CC(C)[C@H](N)C(=O)Nc1cccc(S(C)=O)c1.Cl. The second-order valence-electron chi connectivity index (χ2n) is 4.24. The van der Waals surface area contributed by atoms with Crippen molar-refractivity contribution in [2.75, 3.05) is 11.6 Å². The minimum absolute atomic E-state index is 0. The molecule has 1 amide bonds. The van der Waals surface area contributed by atoms with E-state index in [2.05, 4.69) is 5.32 Å². The summed E-state index contributed by atoms with van der Waals surface area (Å²) in [6, 6.07) is 6.43. The highest BCUT2D eigenvalue weighted by Crippen LogP contribution is 2.14. The molecule has 18 heavy (non-hydrogen) atoms. The molecule has 1 aromatic carbocycles. The molecule has 0 bridgehead atoms. The molecule has 1 unspecified atom stereocenters. The van der Waals surface area contributed by atoms with E-state index in [0.717, 1.165) is 0 Å². The van der Waals surface area contributed by atoms with E-state index in [1.54, 1.807) is 30.5 Å². The number of anilines is 1. The predicted molar refractivity (Wildman–Crippen MR) is 77.5 cm³/mol. The maximum Gasteiger partial charge on any atom is 0.241 e. The number of hydrogen-bond donors (Lipinski definition) is 2. The highest BCUT2D eigenvalue weighted by atomic mass is 35.5. The van der Waals surface area contributed by atoms with Crippen molar-refractivity contribution in [3.63, 3.8) is 0 Å². The number of nitrogens with one attached hydrogen (secondary N) is 1. The number of amides is 1. The van der Waals surface area contributed by atoms with Crippen molar-refractivity contribution in [2.45, 2.75) is 24.8 Å². The fourth-order valence-corrected chi connectivity index (χ4v) is 1.84. The Hall–Kier alpha value is -0.910. The zero-order valence-electron chi connectivity index (χ0n) is 10.7. The van der Waals surface area contributed by atoms with Crippen molar-refractivity contribution in [1.82, 2.24) is 0 Å². The van der Waals surface area contributed by atoms with Gasteiger partial charge in [-0.2, -0.15) is 0 Å². The van der Waals surface area contributed by atoms with Gasteiger partial charge in [-0.05, 0) is 24.1 Å². The molecule has 0 aromatic heterocycles. The molecule has 0 saturated carbocycles. The maximum atomic E-state index is 11.7. The van der Waals surface area contributed by atoms with Crippen LogP contribution in [0.4, 0.5) is 5.69 Å². The summed E-state index contributed by atoms with van der Waals surface area (Å²) in [6.07, 6.45) is 1.60. The first-order valence-electron chi connectivity index (χ1n) is 5.41. The van der Waals surface area contributed by atoms with Gasteiger partial charge in [-0.15, -0.1) is 12.4 Å². The Morgan fingerprint density at radius 1 is 1.39 bits per heavy atom. The van der Waals surface area contributed by atoms with Crippen LogP contribution < -0.4 is 11.1 Å². The molecular formula is C12H19ClN2O2S. The van der Waals surface area contributed by atoms with Crippen molar-refractivity contribution in [3.05, 3.63) is 24.3 Å². The summed E-state index contributed by atoms with van der Waals surface area (Å²) in [5.74, 6) is -0.141. The monoisotopic (exact) mass is 290 g/mol. The Morgan fingerprint density at radius 2 is 2.00 bits per heavy atom. The van der Waals surface area contributed by atoms with Crippen LogP contribution in [0.15, 0.2) is 29.2 Å². The zero-order chi connectivity index (χ0) is 13.0. The molecule has 0 aliphatic heterocycles. The lowest BCUT2D eigenvalue weighted by atomic mass is 10.1. The molecule has 0 spiro atoms. The van der Waals surface area contributed by atoms with Crippen molar-refractivity contribution < 1.29 is 9.00 Å². The van der Waals surface area contributed by atoms with Gasteiger partial charge in [0.1, 0.15) is 0 Å². The molecule has 6 heteroatoms. The summed E-state index contributed by atoms with van der Waals surface area (Å²) in [7, 11) is -1.06. The smallest absolute Gasteiger partial charge is 0.241 e. The molecule has 0 aliphatic rings. The highest BCUT2D eigenvalue weighted by molar-refractivity contribution is 7.84. The molecule has 0 heterocycles. The standard InChI is InChI=1S/C12H18N2O2S.ClH/c1-8(2)11(13)12(15)14-9-5-4-6-10(7-9)17(3)16;/h4-8,11H,13H2,1-3H3,(H,14,15);1H/t11-,17?;/m0./s1. The number of benzene rings is 1. The second-order valence-corrected chi connectivity index (χ2v) is 5.62. The fraction of sp³-hybridized carbons (Fsp3) is 0.417. The van der Waals surface area contributed by atoms with Gasteiger partial charge in [0.2, 0.25) is 5.91 Å². The van der Waals surface area contributed by atoms with Gasteiger partial charge in [0.15, 0.2) is 0 Å². The minimum atomic E-state index is -1.06. The van der Waals surface area contributed by atoms with Gasteiger partial charge in [-0.3, -0.25) is 9.00 Å². The van der Waals surface area contributed by atoms with E-state index in [4.69, 9.17) is 5.73 Å². The van der Waals surface area contributed by atoms with Gasteiger partial charge in [-0.25, -0.2) is 0 Å².